The molecule has 1 aromatic rings. The van der Waals surface area contributed by atoms with E-state index in [4.69, 9.17) is 10.00 Å². The van der Waals surface area contributed by atoms with E-state index in [1.807, 2.05) is 0 Å². The van der Waals surface area contributed by atoms with Crippen molar-refractivity contribution in [3.63, 3.8) is 0 Å². The topological polar surface area (TPSA) is 59.3 Å². The molecule has 8 heteroatoms. The fraction of sp³-hybridized carbons (Fsp3) is 0.273. The average Bonchev–Trinajstić information content (AvgIpc) is 2.35. The summed E-state index contributed by atoms with van der Waals surface area (Å²) in [6.07, 6.45) is 0. The van der Waals surface area contributed by atoms with Gasteiger partial charge in [-0.3, -0.25) is 0 Å². The van der Waals surface area contributed by atoms with E-state index in [0.717, 1.165) is 19.2 Å². The van der Waals surface area contributed by atoms with E-state index in [0.29, 0.717) is 0 Å². The van der Waals surface area contributed by atoms with Crippen LogP contribution in [0.5, 0.6) is 5.75 Å². The molecule has 0 unspecified atom stereocenters. The van der Waals surface area contributed by atoms with Crippen LogP contribution in [0.25, 0.3) is 0 Å². The summed E-state index contributed by atoms with van der Waals surface area (Å²) in [6.45, 7) is 0. The summed E-state index contributed by atoms with van der Waals surface area (Å²) < 4.78 is 46.4. The molecule has 1 aromatic carbocycles. The van der Waals surface area contributed by atoms with Crippen LogP contribution in [0, 0.1) is 11.3 Å². The van der Waals surface area contributed by atoms with Gasteiger partial charge in [-0.2, -0.15) is 18.4 Å². The summed E-state index contributed by atoms with van der Waals surface area (Å²) >= 11 is -0.473. The molecular weight excluding hydrogens is 283 g/mol. The third-order valence-corrected chi connectivity index (χ3v) is 2.84. The Morgan fingerprint density at radius 1 is 1.37 bits per heavy atom. The molecular formula is C11H8F3NO3S. The SMILES string of the molecule is COC(=O)c1cc(SC(F)(F)F)c(C#N)cc1OC. The fourth-order valence-electron chi connectivity index (χ4n) is 1.29. The standard InChI is InChI=1S/C11H8F3NO3S/c1-17-8-3-6(5-15)9(19-11(12,13)14)4-7(8)10(16)18-2/h3-4H,1-2H3. The van der Waals surface area contributed by atoms with Crippen LogP contribution in [-0.2, 0) is 4.74 Å². The lowest BCUT2D eigenvalue weighted by Gasteiger charge is -2.12. The predicted octanol–water partition coefficient (Wildman–Crippen LogP) is 2.97. The number of alkyl halides is 3. The first-order chi connectivity index (χ1) is 8.82. The van der Waals surface area contributed by atoms with Gasteiger partial charge in [0, 0.05) is 4.90 Å². The summed E-state index contributed by atoms with van der Waals surface area (Å²) in [5.74, 6) is -0.861. The summed E-state index contributed by atoms with van der Waals surface area (Å²) in [4.78, 5) is 11.1. The second-order valence-corrected chi connectivity index (χ2v) is 4.31. The Bertz CT molecular complexity index is 537. The summed E-state index contributed by atoms with van der Waals surface area (Å²) in [5.41, 5.74) is -4.96. The zero-order chi connectivity index (χ0) is 14.6. The maximum absolute atomic E-state index is 12.4. The van der Waals surface area contributed by atoms with Gasteiger partial charge in [-0.15, -0.1) is 0 Å². The molecule has 0 amide bonds. The lowest BCUT2D eigenvalue weighted by molar-refractivity contribution is -0.0328. The first-order valence-corrected chi connectivity index (χ1v) is 5.60. The van der Waals surface area contributed by atoms with Crippen molar-refractivity contribution in [2.24, 2.45) is 0 Å². The minimum Gasteiger partial charge on any atom is -0.496 e. The highest BCUT2D eigenvalue weighted by Crippen LogP contribution is 2.40. The number of carbonyl (C=O) groups is 1. The number of carbonyl (C=O) groups excluding carboxylic acids is 1. The molecule has 0 heterocycles. The van der Waals surface area contributed by atoms with Crippen molar-refractivity contribution >= 4 is 17.7 Å². The molecule has 0 aliphatic carbocycles. The number of rotatable bonds is 3. The Labute approximate surface area is 111 Å². The maximum atomic E-state index is 12.4. The normalized spacial score (nSPS) is 10.7. The lowest BCUT2D eigenvalue weighted by atomic mass is 10.1. The van der Waals surface area contributed by atoms with Gasteiger partial charge in [-0.25, -0.2) is 4.79 Å². The number of benzene rings is 1. The molecule has 1 rings (SSSR count). The summed E-state index contributed by atoms with van der Waals surface area (Å²) in [7, 11) is 2.33. The number of thioether (sulfide) groups is 1. The second kappa shape index (κ2) is 5.84. The maximum Gasteiger partial charge on any atom is 0.446 e. The van der Waals surface area contributed by atoms with Gasteiger partial charge in [0.1, 0.15) is 17.4 Å². The first kappa shape index (κ1) is 15.2. The third kappa shape index (κ3) is 3.79. The highest BCUT2D eigenvalue weighted by atomic mass is 32.2. The molecule has 0 aromatic heterocycles. The molecule has 0 N–H and O–H groups in total. The highest BCUT2D eigenvalue weighted by Gasteiger charge is 2.31. The first-order valence-electron chi connectivity index (χ1n) is 4.78. The van der Waals surface area contributed by atoms with Crippen LogP contribution in [0.1, 0.15) is 15.9 Å². The second-order valence-electron chi connectivity index (χ2n) is 3.20. The molecule has 0 fully saturated rings. The smallest absolute Gasteiger partial charge is 0.446 e. The largest absolute Gasteiger partial charge is 0.496 e. The zero-order valence-electron chi connectivity index (χ0n) is 9.87. The van der Waals surface area contributed by atoms with E-state index < -0.39 is 23.2 Å². The van der Waals surface area contributed by atoms with Gasteiger partial charge in [0.05, 0.1) is 19.8 Å². The molecule has 0 aliphatic rings. The molecule has 0 spiro atoms. The monoisotopic (exact) mass is 291 g/mol. The van der Waals surface area contributed by atoms with Crippen molar-refractivity contribution < 1.29 is 27.4 Å². The van der Waals surface area contributed by atoms with E-state index >= 15 is 0 Å². The van der Waals surface area contributed by atoms with Crippen molar-refractivity contribution in [1.29, 1.82) is 5.26 Å². The molecule has 0 saturated heterocycles. The molecule has 102 valence electrons. The number of hydrogen-bond donors (Lipinski definition) is 0. The fourth-order valence-corrected chi connectivity index (χ4v) is 1.94. The van der Waals surface area contributed by atoms with E-state index in [2.05, 4.69) is 4.74 Å². The van der Waals surface area contributed by atoms with Crippen molar-refractivity contribution in [2.45, 2.75) is 10.4 Å². The Hall–Kier alpha value is -1.88. The third-order valence-electron chi connectivity index (χ3n) is 2.05. The highest BCUT2D eigenvalue weighted by molar-refractivity contribution is 8.00. The molecule has 0 saturated carbocycles. The minimum absolute atomic E-state index is 0.0186. The van der Waals surface area contributed by atoms with Crippen LogP contribution in [0.2, 0.25) is 0 Å². The lowest BCUT2D eigenvalue weighted by Crippen LogP contribution is -2.07. The molecule has 0 radical (unpaired) electrons. The zero-order valence-corrected chi connectivity index (χ0v) is 10.7. The van der Waals surface area contributed by atoms with Gasteiger partial charge in [0.25, 0.3) is 0 Å². The Morgan fingerprint density at radius 3 is 2.42 bits per heavy atom. The molecule has 0 bridgehead atoms. The Morgan fingerprint density at radius 2 is 2.00 bits per heavy atom. The van der Waals surface area contributed by atoms with E-state index in [-0.39, 0.29) is 21.8 Å². The number of nitrogens with zero attached hydrogens (tertiary/aromatic N) is 1. The van der Waals surface area contributed by atoms with Crippen LogP contribution in [0.3, 0.4) is 0 Å². The van der Waals surface area contributed by atoms with Gasteiger partial charge in [0.2, 0.25) is 0 Å². The quantitative estimate of drug-likeness (QED) is 0.633. The van der Waals surface area contributed by atoms with Crippen molar-refractivity contribution in [3.8, 4) is 11.8 Å². The molecule has 0 aliphatic heterocycles. The molecule has 19 heavy (non-hydrogen) atoms. The molecule has 0 atom stereocenters. The van der Waals surface area contributed by atoms with Crippen LogP contribution >= 0.6 is 11.8 Å². The van der Waals surface area contributed by atoms with Crippen molar-refractivity contribution in [3.05, 3.63) is 23.3 Å². The van der Waals surface area contributed by atoms with E-state index in [1.165, 1.54) is 7.11 Å². The molecule has 4 nitrogen and oxygen atoms in total. The average molecular weight is 291 g/mol. The van der Waals surface area contributed by atoms with E-state index in [9.17, 15) is 18.0 Å². The van der Waals surface area contributed by atoms with Crippen molar-refractivity contribution in [2.75, 3.05) is 14.2 Å². The van der Waals surface area contributed by atoms with Gasteiger partial charge in [-0.05, 0) is 23.9 Å². The number of ether oxygens (including phenoxy) is 2. The van der Waals surface area contributed by atoms with Gasteiger partial charge >= 0.3 is 11.5 Å². The number of halogens is 3. The number of methoxy groups -OCH3 is 2. The van der Waals surface area contributed by atoms with Crippen molar-refractivity contribution in [1.82, 2.24) is 0 Å². The van der Waals surface area contributed by atoms with Crippen LogP contribution in [0.15, 0.2) is 17.0 Å². The number of nitriles is 1. The van der Waals surface area contributed by atoms with Crippen LogP contribution in [0.4, 0.5) is 13.2 Å². The van der Waals surface area contributed by atoms with Crippen LogP contribution < -0.4 is 4.74 Å². The Balaban J connectivity index is 3.38. The van der Waals surface area contributed by atoms with Gasteiger partial charge in [-0.1, -0.05) is 0 Å². The minimum atomic E-state index is -4.56. The van der Waals surface area contributed by atoms with Gasteiger partial charge < -0.3 is 9.47 Å². The van der Waals surface area contributed by atoms with Gasteiger partial charge in [0.15, 0.2) is 0 Å². The predicted molar refractivity (Wildman–Crippen MR) is 61.0 cm³/mol. The van der Waals surface area contributed by atoms with E-state index in [1.54, 1.807) is 6.07 Å². The van der Waals surface area contributed by atoms with Crippen LogP contribution in [-0.4, -0.2) is 25.7 Å². The number of esters is 1. The summed E-state index contributed by atoms with van der Waals surface area (Å²) in [5, 5.41) is 8.82. The number of hydrogen-bond acceptors (Lipinski definition) is 5. The summed E-state index contributed by atoms with van der Waals surface area (Å²) in [6, 6.07) is 3.63. The Kier molecular flexibility index (Phi) is 4.67.